The van der Waals surface area contributed by atoms with E-state index in [0.29, 0.717) is 6.54 Å². The fraction of sp³-hybridized carbons (Fsp3) is 0.350. The molecule has 0 bridgehead atoms. The van der Waals surface area contributed by atoms with Crippen LogP contribution in [-0.4, -0.2) is 12.5 Å². The molecular weight excluding hydrogens is 320 g/mol. The third kappa shape index (κ3) is 4.16. The molecule has 4 heteroatoms. The van der Waals surface area contributed by atoms with Crippen LogP contribution < -0.4 is 10.6 Å². The first-order chi connectivity index (χ1) is 11.6. The van der Waals surface area contributed by atoms with Crippen molar-refractivity contribution in [1.29, 1.82) is 0 Å². The van der Waals surface area contributed by atoms with E-state index >= 15 is 0 Å². The predicted molar refractivity (Wildman–Crippen MR) is 96.9 cm³/mol. The Kier molecular flexibility index (Phi) is 5.54. The summed E-state index contributed by atoms with van der Waals surface area (Å²) in [4.78, 5) is 12.3. The van der Waals surface area contributed by atoms with E-state index in [4.69, 9.17) is 11.6 Å². The Bertz CT molecular complexity index is 699. The summed E-state index contributed by atoms with van der Waals surface area (Å²) < 4.78 is 0. The Hall–Kier alpha value is -1.84. The topological polar surface area (TPSA) is 45.7 Å². The number of benzene rings is 2. The number of nitrogens with two attached hydrogens (primary N) is 1. The number of rotatable bonds is 5. The van der Waals surface area contributed by atoms with Gasteiger partial charge in [-0.2, -0.15) is 0 Å². The smallest absolute Gasteiger partial charge is 0.275 e. The molecule has 0 aliphatic heterocycles. The van der Waals surface area contributed by atoms with E-state index in [9.17, 15) is 4.79 Å². The molecule has 1 aliphatic rings. The van der Waals surface area contributed by atoms with Gasteiger partial charge in [0.2, 0.25) is 0 Å². The summed E-state index contributed by atoms with van der Waals surface area (Å²) >= 11 is 5.92. The molecular formula is C20H24ClN2O+. The average Bonchev–Trinajstić information content (AvgIpc) is 2.61. The van der Waals surface area contributed by atoms with Gasteiger partial charge in [0.05, 0.1) is 6.04 Å². The zero-order valence-corrected chi connectivity index (χ0v) is 14.7. The van der Waals surface area contributed by atoms with Gasteiger partial charge in [-0.3, -0.25) is 4.79 Å². The highest BCUT2D eigenvalue weighted by Crippen LogP contribution is 2.29. The highest BCUT2D eigenvalue weighted by molar-refractivity contribution is 6.30. The molecule has 1 aliphatic carbocycles. The quantitative estimate of drug-likeness (QED) is 0.860. The third-order valence-corrected chi connectivity index (χ3v) is 5.01. The van der Waals surface area contributed by atoms with Crippen LogP contribution in [0.5, 0.6) is 0 Å². The molecule has 0 unspecified atom stereocenters. The van der Waals surface area contributed by atoms with Crippen molar-refractivity contribution in [3.63, 3.8) is 0 Å². The van der Waals surface area contributed by atoms with Gasteiger partial charge >= 0.3 is 0 Å². The number of carbonyl (C=O) groups excluding carboxylic acids is 1. The Morgan fingerprint density at radius 2 is 2.00 bits per heavy atom. The van der Waals surface area contributed by atoms with Gasteiger partial charge in [0.25, 0.3) is 5.91 Å². The van der Waals surface area contributed by atoms with Crippen molar-refractivity contribution in [3.05, 3.63) is 70.2 Å². The van der Waals surface area contributed by atoms with Gasteiger partial charge in [-0.05, 0) is 49.4 Å². The van der Waals surface area contributed by atoms with Crippen molar-refractivity contribution >= 4 is 17.5 Å². The fourth-order valence-corrected chi connectivity index (χ4v) is 3.47. The molecule has 0 aromatic heterocycles. The van der Waals surface area contributed by atoms with Crippen molar-refractivity contribution in [1.82, 2.24) is 5.32 Å². The SMILES string of the molecule is C[C@H]([NH2+]CC(=O)N[C@H]1CCCc2ccccc21)c1ccc(Cl)cc1. The summed E-state index contributed by atoms with van der Waals surface area (Å²) in [7, 11) is 0. The predicted octanol–water partition coefficient (Wildman–Crippen LogP) is 3.16. The van der Waals surface area contributed by atoms with Gasteiger partial charge < -0.3 is 10.6 Å². The van der Waals surface area contributed by atoms with Gasteiger partial charge in [-0.25, -0.2) is 0 Å². The van der Waals surface area contributed by atoms with E-state index in [2.05, 4.69) is 41.8 Å². The number of hydrogen-bond donors (Lipinski definition) is 2. The standard InChI is InChI=1S/C20H23ClN2O/c1-14(15-9-11-17(21)12-10-15)22-13-20(24)23-19-8-4-6-16-5-2-3-7-18(16)19/h2-3,5,7,9-12,14,19,22H,4,6,8,13H2,1H3,(H,23,24)/p+1/t14-,19-/m0/s1. The van der Waals surface area contributed by atoms with Gasteiger partial charge in [0, 0.05) is 10.6 Å². The Morgan fingerprint density at radius 1 is 1.25 bits per heavy atom. The molecule has 1 amide bonds. The van der Waals surface area contributed by atoms with Gasteiger partial charge in [0.15, 0.2) is 6.54 Å². The van der Waals surface area contributed by atoms with Crippen LogP contribution in [0.25, 0.3) is 0 Å². The molecule has 126 valence electrons. The number of halogens is 1. The van der Waals surface area contributed by atoms with Crippen LogP contribution in [-0.2, 0) is 11.2 Å². The minimum atomic E-state index is 0.0949. The Morgan fingerprint density at radius 3 is 2.79 bits per heavy atom. The van der Waals surface area contributed by atoms with Crippen LogP contribution in [0.15, 0.2) is 48.5 Å². The Balaban J connectivity index is 1.54. The molecule has 3 rings (SSSR count). The lowest BCUT2D eigenvalue weighted by Crippen LogP contribution is -2.87. The van der Waals surface area contributed by atoms with E-state index in [-0.39, 0.29) is 18.0 Å². The largest absolute Gasteiger partial charge is 0.344 e. The van der Waals surface area contributed by atoms with E-state index in [0.717, 1.165) is 24.3 Å². The first-order valence-electron chi connectivity index (χ1n) is 8.59. The first kappa shape index (κ1) is 17.0. The zero-order chi connectivity index (χ0) is 16.9. The monoisotopic (exact) mass is 343 g/mol. The van der Waals surface area contributed by atoms with E-state index in [1.807, 2.05) is 24.3 Å². The summed E-state index contributed by atoms with van der Waals surface area (Å²) in [5.41, 5.74) is 3.82. The van der Waals surface area contributed by atoms with Crippen LogP contribution in [0.1, 0.15) is 48.5 Å². The molecule has 2 aromatic carbocycles. The zero-order valence-electron chi connectivity index (χ0n) is 14.0. The van der Waals surface area contributed by atoms with Crippen LogP contribution in [0.3, 0.4) is 0 Å². The van der Waals surface area contributed by atoms with Gasteiger partial charge in [-0.15, -0.1) is 0 Å². The van der Waals surface area contributed by atoms with Crippen molar-refractivity contribution in [2.24, 2.45) is 0 Å². The molecule has 0 radical (unpaired) electrons. The lowest BCUT2D eigenvalue weighted by atomic mass is 9.88. The maximum absolute atomic E-state index is 12.3. The third-order valence-electron chi connectivity index (χ3n) is 4.76. The van der Waals surface area contributed by atoms with Crippen molar-refractivity contribution < 1.29 is 10.1 Å². The van der Waals surface area contributed by atoms with E-state index < -0.39 is 0 Å². The number of fused-ring (bicyclic) bond motifs is 1. The maximum atomic E-state index is 12.3. The average molecular weight is 344 g/mol. The number of hydrogen-bond acceptors (Lipinski definition) is 1. The second-order valence-corrected chi connectivity index (χ2v) is 6.93. The normalized spacial score (nSPS) is 17.8. The molecule has 0 heterocycles. The summed E-state index contributed by atoms with van der Waals surface area (Å²) in [5, 5.41) is 6.00. The van der Waals surface area contributed by atoms with Gasteiger partial charge in [0.1, 0.15) is 6.04 Å². The van der Waals surface area contributed by atoms with E-state index in [1.54, 1.807) is 0 Å². The minimum Gasteiger partial charge on any atom is -0.344 e. The number of quaternary nitrogens is 1. The molecule has 0 spiro atoms. The second kappa shape index (κ2) is 7.82. The lowest BCUT2D eigenvalue weighted by molar-refractivity contribution is -0.682. The van der Waals surface area contributed by atoms with Crippen LogP contribution in [0.4, 0.5) is 0 Å². The lowest BCUT2D eigenvalue weighted by Gasteiger charge is -2.26. The highest BCUT2D eigenvalue weighted by Gasteiger charge is 2.22. The first-order valence-corrected chi connectivity index (χ1v) is 8.97. The number of amides is 1. The molecule has 0 saturated heterocycles. The molecule has 3 nitrogen and oxygen atoms in total. The second-order valence-electron chi connectivity index (χ2n) is 6.49. The van der Waals surface area contributed by atoms with Crippen LogP contribution in [0.2, 0.25) is 5.02 Å². The van der Waals surface area contributed by atoms with Crippen molar-refractivity contribution in [3.8, 4) is 0 Å². The fourth-order valence-electron chi connectivity index (χ4n) is 3.34. The molecule has 2 atom stereocenters. The summed E-state index contributed by atoms with van der Waals surface area (Å²) in [6.07, 6.45) is 3.27. The molecule has 0 fully saturated rings. The number of aryl methyl sites for hydroxylation is 1. The van der Waals surface area contributed by atoms with Crippen LogP contribution in [0, 0.1) is 0 Å². The van der Waals surface area contributed by atoms with Gasteiger partial charge in [-0.1, -0.05) is 48.0 Å². The summed E-state index contributed by atoms with van der Waals surface area (Å²) in [6.45, 7) is 2.54. The summed E-state index contributed by atoms with van der Waals surface area (Å²) in [6, 6.07) is 16.6. The minimum absolute atomic E-state index is 0.0949. The number of nitrogens with one attached hydrogen (secondary N) is 1. The Labute approximate surface area is 148 Å². The maximum Gasteiger partial charge on any atom is 0.275 e. The molecule has 3 N–H and O–H groups in total. The van der Waals surface area contributed by atoms with E-state index in [1.165, 1.54) is 16.7 Å². The highest BCUT2D eigenvalue weighted by atomic mass is 35.5. The summed E-state index contributed by atoms with van der Waals surface area (Å²) in [5.74, 6) is 0.0949. The molecule has 24 heavy (non-hydrogen) atoms. The molecule has 0 saturated carbocycles. The van der Waals surface area contributed by atoms with Crippen LogP contribution >= 0.6 is 11.6 Å². The van der Waals surface area contributed by atoms with Crippen molar-refractivity contribution in [2.75, 3.05) is 6.54 Å². The van der Waals surface area contributed by atoms with Crippen molar-refractivity contribution in [2.45, 2.75) is 38.3 Å². The number of carbonyl (C=O) groups is 1. The molecule has 2 aromatic rings.